The van der Waals surface area contributed by atoms with Crippen LogP contribution in [-0.2, 0) is 13.0 Å². The minimum atomic E-state index is -0.496. The molecule has 2 N–H and O–H groups in total. The number of benzene rings is 2. The molecule has 0 aliphatic carbocycles. The van der Waals surface area contributed by atoms with Crippen molar-refractivity contribution in [2.24, 2.45) is 0 Å². The summed E-state index contributed by atoms with van der Waals surface area (Å²) in [6.07, 6.45) is 6.34. The number of aliphatic hydroxyl groups is 1. The Morgan fingerprint density at radius 1 is 1.09 bits per heavy atom. The van der Waals surface area contributed by atoms with Crippen LogP contribution in [0.5, 0.6) is 17.2 Å². The summed E-state index contributed by atoms with van der Waals surface area (Å²) in [4.78, 5) is 6.85. The van der Waals surface area contributed by atoms with Crippen LogP contribution < -0.4 is 19.5 Å². The van der Waals surface area contributed by atoms with E-state index in [4.69, 9.17) is 14.2 Å². The van der Waals surface area contributed by atoms with Crippen molar-refractivity contribution in [1.82, 2.24) is 15.2 Å². The van der Waals surface area contributed by atoms with Crippen LogP contribution in [0.15, 0.2) is 48.7 Å². The number of nitrogens with zero attached hydrogens (tertiary/aromatic N) is 2. The maximum absolute atomic E-state index is 11.3. The van der Waals surface area contributed by atoms with Gasteiger partial charge in [0.25, 0.3) is 0 Å². The number of fused-ring (bicyclic) bond motifs is 4. The lowest BCUT2D eigenvalue weighted by molar-refractivity contribution is -0.0512. The van der Waals surface area contributed by atoms with E-state index in [-0.39, 0.29) is 0 Å². The Morgan fingerprint density at radius 2 is 1.91 bits per heavy atom. The second kappa shape index (κ2) is 9.06. The van der Waals surface area contributed by atoms with Crippen LogP contribution in [0.2, 0.25) is 0 Å². The Kier molecular flexibility index (Phi) is 5.77. The summed E-state index contributed by atoms with van der Waals surface area (Å²) in [5.41, 5.74) is 3.25. The fourth-order valence-corrected chi connectivity index (χ4v) is 5.97. The standard InChI is InChI=1S/C27H31N3O4/c1-32-22-5-6-24-23(14-22)18(8-9-28-24)11-27(31)30-20-3-4-21(30)13-19(12-20)29-15-17-2-7-25-26(10-17)34-16-33-25/h2,5-10,14,19-21,27,29,31H,3-4,11-13,15-16H2,1H3. The first-order valence-electron chi connectivity index (χ1n) is 12.2. The van der Waals surface area contributed by atoms with Gasteiger partial charge in [-0.2, -0.15) is 0 Å². The molecule has 4 heterocycles. The van der Waals surface area contributed by atoms with Gasteiger partial charge in [-0.1, -0.05) is 6.07 Å². The summed E-state index contributed by atoms with van der Waals surface area (Å²) in [5, 5.41) is 16.1. The third kappa shape index (κ3) is 4.08. The van der Waals surface area contributed by atoms with E-state index >= 15 is 0 Å². The summed E-state index contributed by atoms with van der Waals surface area (Å²) >= 11 is 0. The van der Waals surface area contributed by atoms with Crippen molar-refractivity contribution < 1.29 is 19.3 Å². The number of hydrogen-bond acceptors (Lipinski definition) is 7. The molecule has 3 aromatic rings. The quantitative estimate of drug-likeness (QED) is 0.557. The topological polar surface area (TPSA) is 76.1 Å². The largest absolute Gasteiger partial charge is 0.497 e. The Balaban J connectivity index is 1.11. The highest BCUT2D eigenvalue weighted by Crippen LogP contribution is 2.38. The van der Waals surface area contributed by atoms with E-state index in [0.717, 1.165) is 65.9 Å². The molecule has 6 rings (SSSR count). The average molecular weight is 462 g/mol. The Labute approximate surface area is 199 Å². The summed E-state index contributed by atoms with van der Waals surface area (Å²) in [6, 6.07) is 15.4. The number of ether oxygens (including phenoxy) is 3. The van der Waals surface area contributed by atoms with Gasteiger partial charge < -0.3 is 24.6 Å². The Bertz CT molecular complexity index is 1170. The molecule has 178 valence electrons. The zero-order chi connectivity index (χ0) is 23.1. The normalized spacial score (nSPS) is 24.5. The Morgan fingerprint density at radius 3 is 2.74 bits per heavy atom. The highest BCUT2D eigenvalue weighted by atomic mass is 16.7. The molecular weight excluding hydrogens is 430 g/mol. The molecule has 0 radical (unpaired) electrons. The van der Waals surface area contributed by atoms with Gasteiger partial charge in [0.1, 0.15) is 12.0 Å². The maximum Gasteiger partial charge on any atom is 0.231 e. The van der Waals surface area contributed by atoms with Crippen molar-refractivity contribution in [3.63, 3.8) is 0 Å². The van der Waals surface area contributed by atoms with Crippen LogP contribution in [0.25, 0.3) is 10.9 Å². The monoisotopic (exact) mass is 461 g/mol. The van der Waals surface area contributed by atoms with E-state index in [9.17, 15) is 5.11 Å². The zero-order valence-electron chi connectivity index (χ0n) is 19.4. The molecule has 2 bridgehead atoms. The molecule has 7 heteroatoms. The number of aliphatic hydroxyl groups excluding tert-OH is 1. The predicted octanol–water partition coefficient (Wildman–Crippen LogP) is 3.62. The van der Waals surface area contributed by atoms with Crippen LogP contribution in [0.3, 0.4) is 0 Å². The van der Waals surface area contributed by atoms with Gasteiger partial charge in [-0.3, -0.25) is 9.88 Å². The third-order valence-corrected chi connectivity index (χ3v) is 7.61. The van der Waals surface area contributed by atoms with Crippen LogP contribution in [0, 0.1) is 0 Å². The molecule has 2 saturated heterocycles. The van der Waals surface area contributed by atoms with E-state index in [1.165, 1.54) is 5.56 Å². The first kappa shape index (κ1) is 21.6. The summed E-state index contributed by atoms with van der Waals surface area (Å²) in [7, 11) is 1.68. The minimum absolute atomic E-state index is 0.305. The van der Waals surface area contributed by atoms with Gasteiger partial charge in [0, 0.05) is 42.7 Å². The van der Waals surface area contributed by atoms with Gasteiger partial charge >= 0.3 is 0 Å². The van der Waals surface area contributed by atoms with Gasteiger partial charge in [-0.15, -0.1) is 0 Å². The number of hydrogen-bond donors (Lipinski definition) is 2. The highest BCUT2D eigenvalue weighted by Gasteiger charge is 2.43. The molecule has 3 atom stereocenters. The first-order valence-corrected chi connectivity index (χ1v) is 12.2. The van der Waals surface area contributed by atoms with Crippen molar-refractivity contribution in [3.8, 4) is 17.2 Å². The van der Waals surface area contributed by atoms with Crippen molar-refractivity contribution in [2.75, 3.05) is 13.9 Å². The Hall–Kier alpha value is -2.87. The lowest BCUT2D eigenvalue weighted by Gasteiger charge is -2.42. The van der Waals surface area contributed by atoms with Crippen molar-refractivity contribution in [2.45, 2.75) is 63.0 Å². The van der Waals surface area contributed by atoms with Gasteiger partial charge in [-0.25, -0.2) is 0 Å². The van der Waals surface area contributed by atoms with E-state index in [1.807, 2.05) is 36.5 Å². The van der Waals surface area contributed by atoms with Gasteiger partial charge in [0.15, 0.2) is 11.5 Å². The minimum Gasteiger partial charge on any atom is -0.497 e. The van der Waals surface area contributed by atoms with Crippen LogP contribution in [-0.4, -0.2) is 53.2 Å². The van der Waals surface area contributed by atoms with Gasteiger partial charge in [-0.05, 0) is 73.2 Å². The second-order valence-corrected chi connectivity index (χ2v) is 9.61. The number of aromatic nitrogens is 1. The van der Waals surface area contributed by atoms with E-state index in [1.54, 1.807) is 7.11 Å². The molecule has 2 fully saturated rings. The van der Waals surface area contributed by atoms with Crippen LogP contribution in [0.1, 0.15) is 36.8 Å². The zero-order valence-corrected chi connectivity index (χ0v) is 19.4. The lowest BCUT2D eigenvalue weighted by Crippen LogP contribution is -2.53. The molecule has 1 aromatic heterocycles. The molecule has 2 aromatic carbocycles. The van der Waals surface area contributed by atoms with Crippen LogP contribution in [0.4, 0.5) is 0 Å². The first-order chi connectivity index (χ1) is 16.7. The maximum atomic E-state index is 11.3. The molecule has 7 nitrogen and oxygen atoms in total. The number of rotatable bonds is 7. The molecule has 3 aliphatic heterocycles. The fraction of sp³-hybridized carbons (Fsp3) is 0.444. The molecule has 3 aliphatic rings. The molecule has 3 unspecified atom stereocenters. The van der Waals surface area contributed by atoms with E-state index in [0.29, 0.717) is 31.3 Å². The third-order valence-electron chi connectivity index (χ3n) is 7.61. The molecule has 0 spiro atoms. The number of piperidine rings is 1. The highest BCUT2D eigenvalue weighted by molar-refractivity contribution is 5.83. The van der Waals surface area contributed by atoms with E-state index < -0.39 is 6.23 Å². The molecular formula is C27H31N3O4. The molecule has 34 heavy (non-hydrogen) atoms. The van der Waals surface area contributed by atoms with E-state index in [2.05, 4.69) is 27.3 Å². The molecule has 0 amide bonds. The summed E-state index contributed by atoms with van der Waals surface area (Å²) in [6.45, 7) is 1.12. The van der Waals surface area contributed by atoms with Crippen molar-refractivity contribution >= 4 is 10.9 Å². The van der Waals surface area contributed by atoms with Gasteiger partial charge in [0.2, 0.25) is 6.79 Å². The van der Waals surface area contributed by atoms with Crippen molar-refractivity contribution in [3.05, 3.63) is 59.8 Å². The summed E-state index contributed by atoms with van der Waals surface area (Å²) in [5.74, 6) is 2.47. The second-order valence-electron chi connectivity index (χ2n) is 9.61. The fourth-order valence-electron chi connectivity index (χ4n) is 5.97. The number of methoxy groups -OCH3 is 1. The van der Waals surface area contributed by atoms with Crippen molar-refractivity contribution in [1.29, 1.82) is 0 Å². The lowest BCUT2D eigenvalue weighted by atomic mass is 9.95. The predicted molar refractivity (Wildman–Crippen MR) is 129 cm³/mol. The van der Waals surface area contributed by atoms with Crippen LogP contribution >= 0.6 is 0 Å². The van der Waals surface area contributed by atoms with Gasteiger partial charge in [0.05, 0.1) is 12.6 Å². The molecule has 0 saturated carbocycles. The number of nitrogens with one attached hydrogen (secondary N) is 1. The number of pyridine rings is 1. The smallest absolute Gasteiger partial charge is 0.231 e. The average Bonchev–Trinajstić information content (AvgIpc) is 3.44. The summed E-state index contributed by atoms with van der Waals surface area (Å²) < 4.78 is 16.3. The SMILES string of the molecule is COc1ccc2nccc(CC(O)N3C4CCC3CC(NCc3ccc5c(c3)OCO5)C4)c2c1.